The number of nitrogens with one attached hydrogen (secondary N) is 1. The Morgan fingerprint density at radius 3 is 2.55 bits per heavy atom. The molecule has 0 radical (unpaired) electrons. The number of piperazine rings is 1. The van der Waals surface area contributed by atoms with E-state index in [0.29, 0.717) is 54.1 Å². The lowest BCUT2D eigenvalue weighted by Gasteiger charge is -2.35. The molecular weight excluding hydrogens is 561 g/mol. The van der Waals surface area contributed by atoms with E-state index >= 15 is 0 Å². The Kier molecular flexibility index (Phi) is 9.21. The molecule has 1 aliphatic carbocycles. The molecule has 9 nitrogen and oxygen atoms in total. The maximum atomic E-state index is 13.7. The van der Waals surface area contributed by atoms with Gasteiger partial charge in [0.1, 0.15) is 30.7 Å². The van der Waals surface area contributed by atoms with E-state index in [1.807, 2.05) is 12.1 Å². The number of ether oxygens (including phenoxy) is 3. The number of carbonyl (C=O) groups is 1. The molecule has 2 aliphatic heterocycles. The van der Waals surface area contributed by atoms with Gasteiger partial charge in [-0.1, -0.05) is 24.4 Å². The summed E-state index contributed by atoms with van der Waals surface area (Å²) >= 11 is 5.99. The SMILES string of the molecule is O=C1CCC(CN2CCN(CCOc3cc4ncnc(Nc5ccc(F)c(Cl)c5)c4cc3OCC3CCCC3)CC2)O1. The summed E-state index contributed by atoms with van der Waals surface area (Å²) in [6.07, 6.45) is 7.75. The predicted molar refractivity (Wildman–Crippen MR) is 159 cm³/mol. The van der Waals surface area contributed by atoms with Crippen LogP contribution in [0.1, 0.15) is 38.5 Å². The number of rotatable bonds is 11. The zero-order chi connectivity index (χ0) is 28.9. The molecule has 224 valence electrons. The molecule has 3 heterocycles. The fourth-order valence-corrected chi connectivity index (χ4v) is 6.14. The lowest BCUT2D eigenvalue weighted by atomic mass is 10.1. The monoisotopic (exact) mass is 597 g/mol. The summed E-state index contributed by atoms with van der Waals surface area (Å²) < 4.78 is 31.8. The van der Waals surface area contributed by atoms with Crippen molar-refractivity contribution in [3.8, 4) is 11.5 Å². The summed E-state index contributed by atoms with van der Waals surface area (Å²) in [4.78, 5) is 25.1. The highest BCUT2D eigenvalue weighted by atomic mass is 35.5. The Hall–Kier alpha value is -3.21. The summed E-state index contributed by atoms with van der Waals surface area (Å²) in [5.74, 6) is 1.90. The normalized spacial score (nSPS) is 20.2. The summed E-state index contributed by atoms with van der Waals surface area (Å²) in [7, 11) is 0. The molecule has 1 N–H and O–H groups in total. The highest BCUT2D eigenvalue weighted by Gasteiger charge is 2.27. The maximum absolute atomic E-state index is 13.7. The molecule has 3 aliphatic rings. The van der Waals surface area contributed by atoms with Gasteiger partial charge in [0.2, 0.25) is 0 Å². The average Bonchev–Trinajstić information content (AvgIpc) is 3.66. The van der Waals surface area contributed by atoms with E-state index in [1.54, 1.807) is 6.07 Å². The quantitative estimate of drug-likeness (QED) is 0.290. The summed E-state index contributed by atoms with van der Waals surface area (Å²) in [6, 6.07) is 8.31. The second-order valence-corrected chi connectivity index (χ2v) is 11.8. The van der Waals surface area contributed by atoms with Crippen LogP contribution in [0.15, 0.2) is 36.7 Å². The van der Waals surface area contributed by atoms with Gasteiger partial charge >= 0.3 is 5.97 Å². The summed E-state index contributed by atoms with van der Waals surface area (Å²) in [6.45, 7) is 6.58. The molecule has 3 fully saturated rings. The van der Waals surface area contributed by atoms with Crippen molar-refractivity contribution in [2.24, 2.45) is 5.92 Å². The third-order valence-corrected chi connectivity index (χ3v) is 8.68. The molecule has 1 atom stereocenters. The largest absolute Gasteiger partial charge is 0.489 e. The van der Waals surface area contributed by atoms with Crippen LogP contribution in [-0.2, 0) is 9.53 Å². The van der Waals surface area contributed by atoms with Crippen molar-refractivity contribution in [3.63, 3.8) is 0 Å². The number of fused-ring (bicyclic) bond motifs is 1. The van der Waals surface area contributed by atoms with Gasteiger partial charge in [-0.3, -0.25) is 14.6 Å². The average molecular weight is 598 g/mol. The minimum Gasteiger partial charge on any atom is -0.489 e. The van der Waals surface area contributed by atoms with Crippen molar-refractivity contribution in [2.75, 3.05) is 57.8 Å². The van der Waals surface area contributed by atoms with Crippen molar-refractivity contribution < 1.29 is 23.4 Å². The fourth-order valence-electron chi connectivity index (χ4n) is 5.96. The number of benzene rings is 2. The Bertz CT molecular complexity index is 1400. The molecule has 11 heteroatoms. The van der Waals surface area contributed by atoms with Crippen LogP contribution >= 0.6 is 11.6 Å². The van der Waals surface area contributed by atoms with Crippen molar-refractivity contribution in [3.05, 3.63) is 47.5 Å². The van der Waals surface area contributed by atoms with Gasteiger partial charge in [0.25, 0.3) is 0 Å². The molecule has 1 saturated carbocycles. The second kappa shape index (κ2) is 13.4. The third kappa shape index (κ3) is 7.22. The first-order chi connectivity index (χ1) is 20.5. The fraction of sp³-hybridized carbons (Fsp3) is 0.516. The van der Waals surface area contributed by atoms with Crippen LogP contribution in [0.4, 0.5) is 15.9 Å². The summed E-state index contributed by atoms with van der Waals surface area (Å²) in [5, 5.41) is 4.05. The van der Waals surface area contributed by atoms with Crippen LogP contribution in [0.25, 0.3) is 10.9 Å². The molecule has 0 amide bonds. The zero-order valence-electron chi connectivity index (χ0n) is 23.7. The molecule has 3 aromatic rings. The van der Waals surface area contributed by atoms with E-state index < -0.39 is 5.82 Å². The standard InChI is InChI=1S/C31H37ClFN5O4/c32-25-15-22(5-7-26(25)33)36-31-24-16-28(41-19-21-3-1-2-4-21)29(17-27(24)34-20-35-31)40-14-13-37-9-11-38(12-10-37)18-23-6-8-30(39)42-23/h5,7,15-17,20-21,23H,1-4,6,8-14,18-19H2,(H,34,35,36). The van der Waals surface area contributed by atoms with E-state index in [2.05, 4.69) is 25.1 Å². The van der Waals surface area contributed by atoms with Crippen LogP contribution in [0.3, 0.4) is 0 Å². The van der Waals surface area contributed by atoms with Crippen molar-refractivity contribution in [1.29, 1.82) is 0 Å². The molecule has 1 unspecified atom stereocenters. The van der Waals surface area contributed by atoms with Gasteiger partial charge in [-0.2, -0.15) is 0 Å². The van der Waals surface area contributed by atoms with E-state index in [1.165, 1.54) is 44.1 Å². The van der Waals surface area contributed by atoms with Crippen LogP contribution in [-0.4, -0.2) is 84.3 Å². The van der Waals surface area contributed by atoms with Crippen molar-refractivity contribution in [2.45, 2.75) is 44.6 Å². The second-order valence-electron chi connectivity index (χ2n) is 11.4. The molecule has 6 rings (SSSR count). The third-order valence-electron chi connectivity index (χ3n) is 8.39. The number of aromatic nitrogens is 2. The minimum absolute atomic E-state index is 0.0374. The van der Waals surface area contributed by atoms with Crippen LogP contribution in [0.2, 0.25) is 5.02 Å². The highest BCUT2D eigenvalue weighted by molar-refractivity contribution is 6.31. The van der Waals surface area contributed by atoms with Gasteiger partial charge in [-0.15, -0.1) is 0 Å². The minimum atomic E-state index is -0.475. The van der Waals surface area contributed by atoms with Crippen LogP contribution in [0.5, 0.6) is 11.5 Å². The van der Waals surface area contributed by atoms with Gasteiger partial charge in [0.15, 0.2) is 11.5 Å². The molecule has 2 aromatic carbocycles. The molecule has 2 saturated heterocycles. The number of halogens is 2. The number of hydrogen-bond acceptors (Lipinski definition) is 9. The van der Waals surface area contributed by atoms with Gasteiger partial charge in [0.05, 0.1) is 17.1 Å². The van der Waals surface area contributed by atoms with E-state index in [4.69, 9.17) is 25.8 Å². The van der Waals surface area contributed by atoms with Crippen molar-refractivity contribution in [1.82, 2.24) is 19.8 Å². The number of nitrogens with zero attached hydrogens (tertiary/aromatic N) is 4. The predicted octanol–water partition coefficient (Wildman–Crippen LogP) is 5.44. The molecule has 0 spiro atoms. The molecule has 42 heavy (non-hydrogen) atoms. The Morgan fingerprint density at radius 1 is 1.00 bits per heavy atom. The number of hydrogen-bond donors (Lipinski definition) is 1. The first-order valence-electron chi connectivity index (χ1n) is 14.9. The van der Waals surface area contributed by atoms with E-state index in [0.717, 1.165) is 51.1 Å². The van der Waals surface area contributed by atoms with Crippen molar-refractivity contribution >= 4 is 40.0 Å². The van der Waals surface area contributed by atoms with Gasteiger partial charge in [-0.05, 0) is 49.4 Å². The number of carbonyl (C=O) groups excluding carboxylic acids is 1. The number of cyclic esters (lactones) is 1. The van der Waals surface area contributed by atoms with E-state index in [-0.39, 0.29) is 17.1 Å². The Morgan fingerprint density at radius 2 is 1.79 bits per heavy atom. The Labute approximate surface area is 250 Å². The smallest absolute Gasteiger partial charge is 0.306 e. The van der Waals surface area contributed by atoms with Crippen LogP contribution < -0.4 is 14.8 Å². The van der Waals surface area contributed by atoms with Crippen LogP contribution in [0, 0.1) is 11.7 Å². The summed E-state index contributed by atoms with van der Waals surface area (Å²) in [5.41, 5.74) is 1.34. The highest BCUT2D eigenvalue weighted by Crippen LogP contribution is 2.36. The number of esters is 1. The lowest BCUT2D eigenvalue weighted by Crippen LogP contribution is -2.49. The maximum Gasteiger partial charge on any atom is 0.306 e. The molecule has 1 aromatic heterocycles. The molecule has 0 bridgehead atoms. The van der Waals surface area contributed by atoms with E-state index in [9.17, 15) is 9.18 Å². The van der Waals surface area contributed by atoms with Gasteiger partial charge in [0, 0.05) is 62.8 Å². The van der Waals surface area contributed by atoms with Gasteiger partial charge in [-0.25, -0.2) is 14.4 Å². The molecular formula is C31H37ClFN5O4. The van der Waals surface area contributed by atoms with Gasteiger partial charge < -0.3 is 19.5 Å². The first-order valence-corrected chi connectivity index (χ1v) is 15.3. The topological polar surface area (TPSA) is 89.1 Å². The zero-order valence-corrected chi connectivity index (χ0v) is 24.5. The first kappa shape index (κ1) is 28.9. The number of anilines is 2. The Balaban J connectivity index is 1.11. The lowest BCUT2D eigenvalue weighted by molar-refractivity contribution is -0.142.